The van der Waals surface area contributed by atoms with Crippen molar-refractivity contribution in [2.24, 2.45) is 22.7 Å². The molecule has 0 aliphatic heterocycles. The van der Waals surface area contributed by atoms with Crippen LogP contribution >= 0.6 is 0 Å². The number of esters is 2. The molecule has 3 saturated carbocycles. The minimum absolute atomic E-state index is 0.104. The van der Waals surface area contributed by atoms with Crippen LogP contribution in [-0.2, 0) is 20.7 Å². The number of carbonyl (C=O) groups is 2. The third-order valence-electron chi connectivity index (χ3n) is 8.74. The van der Waals surface area contributed by atoms with Gasteiger partial charge in [0.2, 0.25) is 0 Å². The topological polar surface area (TPSA) is 52.6 Å². The van der Waals surface area contributed by atoms with Crippen LogP contribution in [0.3, 0.4) is 0 Å². The number of hydrogen-bond donors (Lipinski definition) is 0. The Morgan fingerprint density at radius 1 is 1.07 bits per heavy atom. The van der Waals surface area contributed by atoms with E-state index < -0.39 is 0 Å². The Balaban J connectivity index is 1.49. The molecule has 4 nitrogen and oxygen atoms in total. The summed E-state index contributed by atoms with van der Waals surface area (Å²) in [5, 5.41) is 0. The molecule has 0 N–H and O–H groups in total. The van der Waals surface area contributed by atoms with Gasteiger partial charge in [0.25, 0.3) is 0 Å². The molecule has 0 amide bonds. The van der Waals surface area contributed by atoms with Gasteiger partial charge in [0.05, 0.1) is 0 Å². The molecular formula is C24H30O4. The fourth-order valence-corrected chi connectivity index (χ4v) is 7.84. The van der Waals surface area contributed by atoms with E-state index in [1.54, 1.807) is 6.92 Å². The first-order valence-corrected chi connectivity index (χ1v) is 10.8. The van der Waals surface area contributed by atoms with Crippen LogP contribution in [0.1, 0.15) is 76.3 Å². The standard InChI is InChI=1S/C24H30O4/c1-14(25)27-18-5-6-19-16(12-18)4-7-21-20(19)9-10-23(3)22(28-15(2)26)17-8-11-24(21,23)13-17/h5-6,12,17,20-22H,4,7-11,13H2,1-3H3/t17-,20+,21+,22-,23+,24+/m0/s1. The zero-order valence-corrected chi connectivity index (χ0v) is 17.1. The van der Waals surface area contributed by atoms with Gasteiger partial charge in [-0.1, -0.05) is 13.0 Å². The Labute approximate surface area is 167 Å². The van der Waals surface area contributed by atoms with E-state index in [1.807, 2.05) is 6.07 Å². The van der Waals surface area contributed by atoms with Gasteiger partial charge < -0.3 is 9.47 Å². The van der Waals surface area contributed by atoms with Crippen LogP contribution in [0.25, 0.3) is 0 Å². The number of aryl methyl sites for hydroxylation is 1. The minimum atomic E-state index is -0.263. The summed E-state index contributed by atoms with van der Waals surface area (Å²) >= 11 is 0. The second-order valence-electron chi connectivity index (χ2n) is 9.85. The molecular weight excluding hydrogens is 352 g/mol. The van der Waals surface area contributed by atoms with Crippen LogP contribution in [-0.4, -0.2) is 18.0 Å². The molecule has 6 atom stereocenters. The molecule has 0 unspecified atom stereocenters. The highest BCUT2D eigenvalue weighted by Crippen LogP contribution is 2.75. The summed E-state index contributed by atoms with van der Waals surface area (Å²) in [6.45, 7) is 5.42. The summed E-state index contributed by atoms with van der Waals surface area (Å²) in [6, 6.07) is 6.24. The number of hydrogen-bond acceptors (Lipinski definition) is 4. The van der Waals surface area contributed by atoms with E-state index in [1.165, 1.54) is 43.7 Å². The molecule has 1 spiro atoms. The maximum absolute atomic E-state index is 11.8. The average molecular weight is 383 g/mol. The van der Waals surface area contributed by atoms with Gasteiger partial charge >= 0.3 is 11.9 Å². The summed E-state index contributed by atoms with van der Waals surface area (Å²) in [7, 11) is 0. The van der Waals surface area contributed by atoms with E-state index >= 15 is 0 Å². The van der Waals surface area contributed by atoms with Crippen LogP contribution in [0.5, 0.6) is 5.75 Å². The van der Waals surface area contributed by atoms with Gasteiger partial charge in [-0.25, -0.2) is 0 Å². The van der Waals surface area contributed by atoms with Crippen molar-refractivity contribution in [2.75, 3.05) is 0 Å². The smallest absolute Gasteiger partial charge is 0.308 e. The van der Waals surface area contributed by atoms with Crippen molar-refractivity contribution in [3.63, 3.8) is 0 Å². The molecule has 0 saturated heterocycles. The largest absolute Gasteiger partial charge is 0.462 e. The quantitative estimate of drug-likeness (QED) is 0.545. The predicted octanol–water partition coefficient (Wildman–Crippen LogP) is 4.79. The summed E-state index contributed by atoms with van der Waals surface area (Å²) in [5.74, 6) is 2.07. The average Bonchev–Trinajstić information content (AvgIpc) is 3.16. The summed E-state index contributed by atoms with van der Waals surface area (Å²) in [5.41, 5.74) is 3.25. The Bertz CT molecular complexity index is 845. The molecule has 4 aliphatic carbocycles. The molecule has 4 heteroatoms. The first-order valence-electron chi connectivity index (χ1n) is 10.8. The van der Waals surface area contributed by atoms with Gasteiger partial charge in [-0.3, -0.25) is 9.59 Å². The van der Waals surface area contributed by atoms with Gasteiger partial charge in [-0.15, -0.1) is 0 Å². The van der Waals surface area contributed by atoms with Crippen molar-refractivity contribution in [1.29, 1.82) is 0 Å². The molecule has 1 aromatic rings. The van der Waals surface area contributed by atoms with Crippen molar-refractivity contribution in [3.8, 4) is 5.75 Å². The van der Waals surface area contributed by atoms with Crippen LogP contribution in [0.15, 0.2) is 18.2 Å². The predicted molar refractivity (Wildman–Crippen MR) is 105 cm³/mol. The molecule has 4 aliphatic rings. The number of rotatable bonds is 2. The monoisotopic (exact) mass is 382 g/mol. The minimum Gasteiger partial charge on any atom is -0.462 e. The third-order valence-corrected chi connectivity index (χ3v) is 8.74. The van der Waals surface area contributed by atoms with Crippen molar-refractivity contribution < 1.29 is 19.1 Å². The number of carbonyl (C=O) groups excluding carboxylic acids is 2. The molecule has 150 valence electrons. The molecule has 2 bridgehead atoms. The molecule has 3 fully saturated rings. The lowest BCUT2D eigenvalue weighted by molar-refractivity contribution is -0.171. The SMILES string of the molecule is CC(=O)Oc1ccc2c(c1)CC[C@@H]1[C@@H]2CC[C@]2(C)[C@@H](OC(C)=O)[C@H]3CC[C@@]12C3. The molecule has 5 rings (SSSR count). The number of ether oxygens (including phenoxy) is 2. The van der Waals surface area contributed by atoms with Crippen LogP contribution in [0.4, 0.5) is 0 Å². The lowest BCUT2D eigenvalue weighted by Gasteiger charge is -2.59. The van der Waals surface area contributed by atoms with Crippen LogP contribution in [0, 0.1) is 22.7 Å². The van der Waals surface area contributed by atoms with Gasteiger partial charge in [0.15, 0.2) is 0 Å². The van der Waals surface area contributed by atoms with E-state index in [4.69, 9.17) is 9.47 Å². The maximum Gasteiger partial charge on any atom is 0.308 e. The van der Waals surface area contributed by atoms with E-state index in [0.717, 1.165) is 19.3 Å². The first-order chi connectivity index (χ1) is 13.3. The highest BCUT2D eigenvalue weighted by Gasteiger charge is 2.70. The Kier molecular flexibility index (Phi) is 3.95. The third kappa shape index (κ3) is 2.36. The van der Waals surface area contributed by atoms with Gasteiger partial charge in [-0.05, 0) is 91.4 Å². The van der Waals surface area contributed by atoms with Gasteiger partial charge in [0, 0.05) is 19.3 Å². The molecule has 1 aromatic carbocycles. The Morgan fingerprint density at radius 3 is 2.64 bits per heavy atom. The molecule has 0 aromatic heterocycles. The van der Waals surface area contributed by atoms with Crippen LogP contribution < -0.4 is 4.74 Å². The summed E-state index contributed by atoms with van der Waals surface area (Å²) in [6.07, 6.45) is 8.35. The lowest BCUT2D eigenvalue weighted by Crippen LogP contribution is -2.54. The highest BCUT2D eigenvalue weighted by atomic mass is 16.5. The lowest BCUT2D eigenvalue weighted by atomic mass is 9.46. The van der Waals surface area contributed by atoms with E-state index in [0.29, 0.717) is 28.9 Å². The number of fused-ring (bicyclic) bond motifs is 4. The van der Waals surface area contributed by atoms with Crippen LogP contribution in [0.2, 0.25) is 0 Å². The van der Waals surface area contributed by atoms with E-state index in [-0.39, 0.29) is 23.5 Å². The molecule has 0 heterocycles. The molecule has 0 radical (unpaired) electrons. The van der Waals surface area contributed by atoms with Gasteiger partial charge in [-0.2, -0.15) is 0 Å². The van der Waals surface area contributed by atoms with Crippen molar-refractivity contribution in [1.82, 2.24) is 0 Å². The second kappa shape index (κ2) is 6.08. The summed E-state index contributed by atoms with van der Waals surface area (Å²) in [4.78, 5) is 23.1. The zero-order valence-electron chi connectivity index (χ0n) is 17.1. The fourth-order valence-electron chi connectivity index (χ4n) is 7.84. The maximum atomic E-state index is 11.8. The second-order valence-corrected chi connectivity index (χ2v) is 9.85. The van der Waals surface area contributed by atoms with Gasteiger partial charge in [0.1, 0.15) is 11.9 Å². The molecule has 28 heavy (non-hydrogen) atoms. The highest BCUT2D eigenvalue weighted by molar-refractivity contribution is 5.69. The Morgan fingerprint density at radius 2 is 1.89 bits per heavy atom. The fraction of sp³-hybridized carbons (Fsp3) is 0.667. The summed E-state index contributed by atoms with van der Waals surface area (Å²) < 4.78 is 11.2. The van der Waals surface area contributed by atoms with Crippen molar-refractivity contribution in [2.45, 2.75) is 77.7 Å². The van der Waals surface area contributed by atoms with E-state index in [2.05, 4.69) is 19.1 Å². The first kappa shape index (κ1) is 18.2. The van der Waals surface area contributed by atoms with Crippen molar-refractivity contribution >= 4 is 11.9 Å². The van der Waals surface area contributed by atoms with Crippen molar-refractivity contribution in [3.05, 3.63) is 29.3 Å². The normalized spacial score (nSPS) is 40.2. The zero-order chi connectivity index (χ0) is 19.7. The number of benzene rings is 1. The van der Waals surface area contributed by atoms with E-state index in [9.17, 15) is 9.59 Å². The Hall–Kier alpha value is -1.84.